The van der Waals surface area contributed by atoms with Crippen LogP contribution in [0.5, 0.6) is 0 Å². The van der Waals surface area contributed by atoms with Gasteiger partial charge >= 0.3 is 0 Å². The van der Waals surface area contributed by atoms with Crippen molar-refractivity contribution < 1.29 is 0 Å². The Balaban J connectivity index is 1.17. The molecule has 9 aromatic carbocycles. The van der Waals surface area contributed by atoms with Crippen LogP contribution in [0.1, 0.15) is 0 Å². The van der Waals surface area contributed by atoms with Crippen molar-refractivity contribution in [3.8, 4) is 45.1 Å². The van der Waals surface area contributed by atoms with Crippen LogP contribution in [0.25, 0.3) is 110 Å². The maximum Gasteiger partial charge on any atom is 0.235 e. The molecule has 0 bridgehead atoms. The smallest absolute Gasteiger partial charge is 0.235 e. The van der Waals surface area contributed by atoms with E-state index >= 15 is 0 Å². The topological polar surface area (TPSA) is 35.6 Å². The van der Waals surface area contributed by atoms with Crippen molar-refractivity contribution in [2.45, 2.75) is 0 Å². The van der Waals surface area contributed by atoms with Gasteiger partial charge in [0.15, 0.2) is 0 Å². The lowest BCUT2D eigenvalue weighted by molar-refractivity contribution is 1.01. The van der Waals surface area contributed by atoms with E-state index in [4.69, 9.17) is 9.97 Å². The Morgan fingerprint density at radius 2 is 0.879 bits per heavy atom. The number of rotatable bonds is 5. The second-order valence-corrected chi connectivity index (χ2v) is 15.0. The molecule has 0 atom stereocenters. The molecule has 0 aliphatic heterocycles. The molecule has 12 rings (SSSR count). The highest BCUT2D eigenvalue weighted by molar-refractivity contribution is 6.22. The van der Waals surface area contributed by atoms with Crippen LogP contribution in [0.3, 0.4) is 0 Å². The van der Waals surface area contributed by atoms with Crippen molar-refractivity contribution in [2.75, 3.05) is 0 Å². The van der Waals surface area contributed by atoms with Gasteiger partial charge in [-0.1, -0.05) is 164 Å². The van der Waals surface area contributed by atoms with E-state index in [0.29, 0.717) is 5.95 Å². The van der Waals surface area contributed by atoms with E-state index in [1.165, 1.54) is 43.6 Å². The van der Waals surface area contributed by atoms with Gasteiger partial charge in [-0.25, -0.2) is 9.97 Å². The second kappa shape index (κ2) is 12.9. The van der Waals surface area contributed by atoms with Crippen molar-refractivity contribution in [3.63, 3.8) is 0 Å². The van der Waals surface area contributed by atoms with E-state index in [-0.39, 0.29) is 0 Å². The summed E-state index contributed by atoms with van der Waals surface area (Å²) in [4.78, 5) is 10.8. The monoisotopic (exact) mass is 738 g/mol. The second-order valence-electron chi connectivity index (χ2n) is 15.0. The molecule has 270 valence electrons. The fraction of sp³-hybridized carbons (Fsp3) is 0. The number of para-hydroxylation sites is 3. The van der Waals surface area contributed by atoms with E-state index in [9.17, 15) is 0 Å². The average molecular weight is 739 g/mol. The van der Waals surface area contributed by atoms with Gasteiger partial charge < -0.3 is 4.57 Å². The molecular formula is C54H34N4. The van der Waals surface area contributed by atoms with Crippen LogP contribution in [0.15, 0.2) is 206 Å². The Bertz CT molecular complexity index is 3540. The first-order chi connectivity index (χ1) is 28.8. The molecule has 3 heterocycles. The van der Waals surface area contributed by atoms with Crippen molar-refractivity contribution in [1.29, 1.82) is 0 Å². The van der Waals surface area contributed by atoms with Gasteiger partial charge in [0, 0.05) is 43.7 Å². The molecule has 3 aromatic heterocycles. The van der Waals surface area contributed by atoms with Crippen LogP contribution in [0, 0.1) is 0 Å². The van der Waals surface area contributed by atoms with E-state index in [1.807, 2.05) is 6.07 Å². The van der Waals surface area contributed by atoms with Gasteiger partial charge in [-0.3, -0.25) is 4.57 Å². The summed E-state index contributed by atoms with van der Waals surface area (Å²) in [6.45, 7) is 0. The molecule has 58 heavy (non-hydrogen) atoms. The lowest BCUT2D eigenvalue weighted by Gasteiger charge is -2.16. The maximum atomic E-state index is 5.44. The summed E-state index contributed by atoms with van der Waals surface area (Å²) in [7, 11) is 0. The van der Waals surface area contributed by atoms with Crippen LogP contribution < -0.4 is 0 Å². The Kier molecular flexibility index (Phi) is 7.20. The summed E-state index contributed by atoms with van der Waals surface area (Å²) in [5.41, 5.74) is 13.2. The summed E-state index contributed by atoms with van der Waals surface area (Å²) < 4.78 is 4.72. The van der Waals surface area contributed by atoms with Crippen molar-refractivity contribution in [3.05, 3.63) is 206 Å². The Labute approximate surface area is 334 Å². The third-order valence-corrected chi connectivity index (χ3v) is 11.7. The Morgan fingerprint density at radius 3 is 1.64 bits per heavy atom. The minimum absolute atomic E-state index is 0.647. The summed E-state index contributed by atoms with van der Waals surface area (Å²) in [5, 5.41) is 8.17. The quantitative estimate of drug-likeness (QED) is 0.176. The van der Waals surface area contributed by atoms with Crippen LogP contribution in [-0.2, 0) is 0 Å². The van der Waals surface area contributed by atoms with Gasteiger partial charge in [0.05, 0.1) is 33.3 Å². The van der Waals surface area contributed by atoms with E-state index in [2.05, 4.69) is 209 Å². The van der Waals surface area contributed by atoms with E-state index in [1.54, 1.807) is 0 Å². The van der Waals surface area contributed by atoms with Gasteiger partial charge in [0.25, 0.3) is 0 Å². The fourth-order valence-electron chi connectivity index (χ4n) is 9.11. The molecular weight excluding hydrogens is 705 g/mol. The van der Waals surface area contributed by atoms with Crippen LogP contribution in [0.2, 0.25) is 0 Å². The SMILES string of the molecule is c1ccc(-c2ccc(-n3c4ccccc4c4ccc(-c5c6ccccc6cc6c7ccccc7n(-c7nc(-c8ccccc8)c8ccccc8n7)c56)cc43)cc2)cc1. The molecule has 12 aromatic rings. The molecule has 0 saturated carbocycles. The number of nitrogens with zero attached hydrogens (tertiary/aromatic N) is 4. The van der Waals surface area contributed by atoms with Crippen LogP contribution >= 0.6 is 0 Å². The molecule has 0 aliphatic carbocycles. The number of fused-ring (bicyclic) bond motifs is 8. The largest absolute Gasteiger partial charge is 0.309 e. The molecule has 0 amide bonds. The highest BCUT2D eigenvalue weighted by Crippen LogP contribution is 2.44. The summed E-state index contributed by atoms with van der Waals surface area (Å²) >= 11 is 0. The van der Waals surface area contributed by atoms with Gasteiger partial charge in [0.2, 0.25) is 5.95 Å². The van der Waals surface area contributed by atoms with Gasteiger partial charge in [0.1, 0.15) is 0 Å². The molecule has 0 aliphatic rings. The number of aromatic nitrogens is 4. The van der Waals surface area contributed by atoms with E-state index < -0.39 is 0 Å². The van der Waals surface area contributed by atoms with Gasteiger partial charge in [-0.05, 0) is 69.9 Å². The third kappa shape index (κ3) is 4.95. The maximum absolute atomic E-state index is 5.44. The lowest BCUT2D eigenvalue weighted by atomic mass is 9.94. The third-order valence-electron chi connectivity index (χ3n) is 11.7. The standard InChI is InChI=1S/C54H34N4/c1-3-15-35(16-4-1)36-27-30-40(31-28-36)57-48-25-13-10-21-42(48)44-32-29-39(34-50(44)57)51-41-20-8-7-19-38(41)33-46-43-22-11-14-26-49(43)58(53(46)51)54-55-47-24-12-9-23-45(47)52(56-54)37-17-5-2-6-18-37/h1-34H. The Hall–Kier alpha value is -7.82. The zero-order valence-electron chi connectivity index (χ0n) is 31.4. The predicted molar refractivity (Wildman–Crippen MR) is 242 cm³/mol. The lowest BCUT2D eigenvalue weighted by Crippen LogP contribution is -2.04. The predicted octanol–water partition coefficient (Wildman–Crippen LogP) is 14.0. The summed E-state index contributed by atoms with van der Waals surface area (Å²) in [6.07, 6.45) is 0. The molecule has 0 radical (unpaired) electrons. The minimum Gasteiger partial charge on any atom is -0.309 e. The zero-order chi connectivity index (χ0) is 38.2. The average Bonchev–Trinajstić information content (AvgIpc) is 3.80. The number of benzene rings is 9. The van der Waals surface area contributed by atoms with Gasteiger partial charge in [-0.2, -0.15) is 0 Å². The highest BCUT2D eigenvalue weighted by atomic mass is 15.2. The van der Waals surface area contributed by atoms with Crippen molar-refractivity contribution >= 4 is 65.3 Å². The normalized spacial score (nSPS) is 11.8. The minimum atomic E-state index is 0.647. The molecule has 0 saturated heterocycles. The summed E-state index contributed by atoms with van der Waals surface area (Å²) in [5.74, 6) is 0.647. The molecule has 4 nitrogen and oxygen atoms in total. The first-order valence-electron chi connectivity index (χ1n) is 19.8. The highest BCUT2D eigenvalue weighted by Gasteiger charge is 2.23. The number of hydrogen-bond acceptors (Lipinski definition) is 2. The first kappa shape index (κ1) is 32.4. The van der Waals surface area contributed by atoms with Crippen LogP contribution in [0.4, 0.5) is 0 Å². The molecule has 0 fully saturated rings. The van der Waals surface area contributed by atoms with Crippen molar-refractivity contribution in [2.24, 2.45) is 0 Å². The fourth-order valence-corrected chi connectivity index (χ4v) is 9.11. The first-order valence-corrected chi connectivity index (χ1v) is 19.8. The zero-order valence-corrected chi connectivity index (χ0v) is 31.4. The van der Waals surface area contributed by atoms with E-state index in [0.717, 1.165) is 60.9 Å². The van der Waals surface area contributed by atoms with Crippen LogP contribution in [-0.4, -0.2) is 19.1 Å². The number of hydrogen-bond donors (Lipinski definition) is 0. The Morgan fingerprint density at radius 1 is 0.328 bits per heavy atom. The molecule has 4 heteroatoms. The molecule has 0 spiro atoms. The van der Waals surface area contributed by atoms with Crippen molar-refractivity contribution in [1.82, 2.24) is 19.1 Å². The molecule has 0 N–H and O–H groups in total. The molecule has 0 unspecified atom stereocenters. The summed E-state index contributed by atoms with van der Waals surface area (Å²) in [6, 6.07) is 73.9. The van der Waals surface area contributed by atoms with Gasteiger partial charge in [-0.15, -0.1) is 0 Å².